The molecule has 0 aromatic heterocycles. The number of nitrogens with zero attached hydrogens (tertiary/aromatic N) is 2. The fourth-order valence-electron chi connectivity index (χ4n) is 5.42. The van der Waals surface area contributed by atoms with E-state index in [1.807, 2.05) is 0 Å². The van der Waals surface area contributed by atoms with Crippen LogP contribution >= 0.6 is 0 Å². The summed E-state index contributed by atoms with van der Waals surface area (Å²) in [5.41, 5.74) is 8.99. The summed E-state index contributed by atoms with van der Waals surface area (Å²) >= 11 is 0. The highest BCUT2D eigenvalue weighted by atomic mass is 19.4. The number of nitrogens with two attached hydrogens (primary N) is 2. The molecule has 6 atom stereocenters. The zero-order valence-corrected chi connectivity index (χ0v) is 22.4. The molecule has 1 aromatic rings. The standard InChI is InChI=1S/C26H36F3N5O6/c1-14(35)19(30)23(39)33-11-3-5-18(33)22(38)34-12-4-10-25(34,24(40)32-20(15(2)36)21(31)37)13-16-6-8-17(9-7-16)26(27,28)29/h6-9,14-15,18-20,35-36H,3-5,10-13,30H2,1-2H3,(H2,31,37)(H,32,40). The van der Waals surface area contributed by atoms with Crippen LogP contribution in [-0.2, 0) is 31.8 Å². The molecule has 0 bridgehead atoms. The molecule has 6 unspecified atom stereocenters. The number of carbonyl (C=O) groups excluding carboxylic acids is 4. The van der Waals surface area contributed by atoms with Gasteiger partial charge in [-0.2, -0.15) is 13.2 Å². The Balaban J connectivity index is 2.00. The van der Waals surface area contributed by atoms with Crippen molar-refractivity contribution in [2.45, 2.75) is 88.0 Å². The lowest BCUT2D eigenvalue weighted by Gasteiger charge is -2.41. The minimum atomic E-state index is -4.57. The predicted molar refractivity (Wildman–Crippen MR) is 136 cm³/mol. The van der Waals surface area contributed by atoms with Crippen molar-refractivity contribution in [3.8, 4) is 0 Å². The molecule has 0 radical (unpaired) electrons. The van der Waals surface area contributed by atoms with Crippen molar-refractivity contribution in [1.82, 2.24) is 15.1 Å². The van der Waals surface area contributed by atoms with E-state index in [1.54, 1.807) is 0 Å². The molecule has 2 aliphatic heterocycles. The number of likely N-dealkylation sites (tertiary alicyclic amines) is 2. The Labute approximate surface area is 229 Å². The molecule has 11 nitrogen and oxygen atoms in total. The van der Waals surface area contributed by atoms with Crippen LogP contribution in [0.3, 0.4) is 0 Å². The maximum atomic E-state index is 14.0. The summed E-state index contributed by atoms with van der Waals surface area (Å²) in [4.78, 5) is 55.2. The van der Waals surface area contributed by atoms with Gasteiger partial charge in [-0.3, -0.25) is 19.2 Å². The van der Waals surface area contributed by atoms with Crippen LogP contribution in [-0.4, -0.2) is 92.6 Å². The first-order valence-electron chi connectivity index (χ1n) is 13.1. The summed E-state index contributed by atoms with van der Waals surface area (Å²) in [6.07, 6.45) is -6.07. The minimum Gasteiger partial charge on any atom is -0.391 e. The molecular weight excluding hydrogens is 535 g/mol. The Bertz CT molecular complexity index is 1110. The molecule has 3 rings (SSSR count). The van der Waals surface area contributed by atoms with Gasteiger partial charge in [-0.15, -0.1) is 0 Å². The maximum absolute atomic E-state index is 14.0. The number of carbonyl (C=O) groups is 4. The average Bonchev–Trinajstić information content (AvgIpc) is 3.53. The molecule has 222 valence electrons. The highest BCUT2D eigenvalue weighted by molar-refractivity contribution is 5.98. The van der Waals surface area contributed by atoms with Gasteiger partial charge in [0.15, 0.2) is 0 Å². The van der Waals surface area contributed by atoms with E-state index in [2.05, 4.69) is 5.32 Å². The molecule has 7 N–H and O–H groups in total. The van der Waals surface area contributed by atoms with Gasteiger partial charge in [0.25, 0.3) is 0 Å². The quantitative estimate of drug-likeness (QED) is 0.269. The first kappa shape index (κ1) is 31.3. The van der Waals surface area contributed by atoms with Crippen LogP contribution in [0.5, 0.6) is 0 Å². The Morgan fingerprint density at radius 2 is 1.70 bits per heavy atom. The largest absolute Gasteiger partial charge is 0.416 e. The Kier molecular flexibility index (Phi) is 9.47. The summed E-state index contributed by atoms with van der Waals surface area (Å²) in [5, 5.41) is 22.2. The van der Waals surface area contributed by atoms with Gasteiger partial charge in [0.05, 0.1) is 17.8 Å². The van der Waals surface area contributed by atoms with E-state index in [9.17, 15) is 42.6 Å². The van der Waals surface area contributed by atoms with Crippen molar-refractivity contribution in [2.75, 3.05) is 13.1 Å². The van der Waals surface area contributed by atoms with Gasteiger partial charge < -0.3 is 36.8 Å². The van der Waals surface area contributed by atoms with E-state index in [0.717, 1.165) is 12.1 Å². The van der Waals surface area contributed by atoms with Crippen LogP contribution in [0.2, 0.25) is 0 Å². The lowest BCUT2D eigenvalue weighted by atomic mass is 9.85. The predicted octanol–water partition coefficient (Wildman–Crippen LogP) is -0.341. The molecule has 0 spiro atoms. The molecule has 14 heteroatoms. The van der Waals surface area contributed by atoms with E-state index in [4.69, 9.17) is 11.5 Å². The number of alkyl halides is 3. The van der Waals surface area contributed by atoms with Crippen LogP contribution in [0.25, 0.3) is 0 Å². The molecule has 2 saturated heterocycles. The van der Waals surface area contributed by atoms with Crippen molar-refractivity contribution >= 4 is 23.6 Å². The number of primary amides is 1. The second-order valence-corrected chi connectivity index (χ2v) is 10.5. The molecule has 2 heterocycles. The second-order valence-electron chi connectivity index (χ2n) is 10.5. The molecule has 2 fully saturated rings. The fourth-order valence-corrected chi connectivity index (χ4v) is 5.42. The van der Waals surface area contributed by atoms with Crippen molar-refractivity contribution in [3.05, 3.63) is 35.4 Å². The first-order valence-corrected chi connectivity index (χ1v) is 13.1. The summed E-state index contributed by atoms with van der Waals surface area (Å²) in [6.45, 7) is 2.92. The summed E-state index contributed by atoms with van der Waals surface area (Å²) < 4.78 is 39.4. The van der Waals surface area contributed by atoms with Crippen LogP contribution in [0.1, 0.15) is 50.7 Å². The first-order chi connectivity index (χ1) is 18.6. The topological polar surface area (TPSA) is 179 Å². The van der Waals surface area contributed by atoms with E-state index in [0.29, 0.717) is 18.4 Å². The van der Waals surface area contributed by atoms with Crippen molar-refractivity contribution in [2.24, 2.45) is 11.5 Å². The van der Waals surface area contributed by atoms with E-state index < -0.39 is 71.2 Å². The van der Waals surface area contributed by atoms with E-state index >= 15 is 0 Å². The van der Waals surface area contributed by atoms with Crippen molar-refractivity contribution < 1.29 is 42.6 Å². The molecule has 0 saturated carbocycles. The van der Waals surface area contributed by atoms with Gasteiger partial charge in [0.1, 0.15) is 23.7 Å². The number of halogens is 3. The average molecular weight is 572 g/mol. The Hall–Kier alpha value is -3.23. The summed E-state index contributed by atoms with van der Waals surface area (Å²) in [5.74, 6) is -3.00. The third kappa shape index (κ3) is 6.39. The summed E-state index contributed by atoms with van der Waals surface area (Å²) in [7, 11) is 0. The van der Waals surface area contributed by atoms with Crippen LogP contribution < -0.4 is 16.8 Å². The Morgan fingerprint density at radius 1 is 1.07 bits per heavy atom. The highest BCUT2D eigenvalue weighted by Crippen LogP contribution is 2.37. The molecule has 40 heavy (non-hydrogen) atoms. The number of amides is 4. The van der Waals surface area contributed by atoms with Crippen molar-refractivity contribution in [1.29, 1.82) is 0 Å². The van der Waals surface area contributed by atoms with E-state index in [-0.39, 0.29) is 32.4 Å². The highest BCUT2D eigenvalue weighted by Gasteiger charge is 2.53. The van der Waals surface area contributed by atoms with Gasteiger partial charge in [0, 0.05) is 19.5 Å². The zero-order valence-electron chi connectivity index (χ0n) is 22.4. The molecular formula is C26H36F3N5O6. The lowest BCUT2D eigenvalue weighted by molar-refractivity contribution is -0.152. The molecule has 1 aromatic carbocycles. The number of benzene rings is 1. The minimum absolute atomic E-state index is 0.101. The summed E-state index contributed by atoms with van der Waals surface area (Å²) in [6, 6.07) is 0.465. The molecule has 4 amide bonds. The van der Waals surface area contributed by atoms with Crippen LogP contribution in [0.4, 0.5) is 13.2 Å². The number of rotatable bonds is 9. The van der Waals surface area contributed by atoms with Gasteiger partial charge in [-0.1, -0.05) is 12.1 Å². The van der Waals surface area contributed by atoms with Gasteiger partial charge in [-0.05, 0) is 57.2 Å². The fraction of sp³-hybridized carbons (Fsp3) is 0.615. The third-order valence-corrected chi connectivity index (χ3v) is 7.66. The Morgan fingerprint density at radius 3 is 2.23 bits per heavy atom. The maximum Gasteiger partial charge on any atom is 0.416 e. The van der Waals surface area contributed by atoms with Crippen LogP contribution in [0, 0.1) is 0 Å². The number of hydrogen-bond donors (Lipinski definition) is 5. The van der Waals surface area contributed by atoms with Gasteiger partial charge >= 0.3 is 6.18 Å². The van der Waals surface area contributed by atoms with E-state index in [1.165, 1.54) is 35.8 Å². The third-order valence-electron chi connectivity index (χ3n) is 7.66. The second kappa shape index (κ2) is 12.1. The monoisotopic (exact) mass is 571 g/mol. The lowest BCUT2D eigenvalue weighted by Crippen LogP contribution is -2.65. The SMILES string of the molecule is CC(O)C(N)C(=O)N1CCCC1C(=O)N1CCCC1(Cc1ccc(C(F)(F)F)cc1)C(=O)NC(C(N)=O)C(C)O. The molecule has 2 aliphatic rings. The number of hydrogen-bond acceptors (Lipinski definition) is 7. The number of nitrogens with one attached hydrogen (secondary N) is 1. The molecule has 0 aliphatic carbocycles. The zero-order chi connectivity index (χ0) is 30.0. The van der Waals surface area contributed by atoms with Gasteiger partial charge in [-0.25, -0.2) is 0 Å². The van der Waals surface area contributed by atoms with Crippen LogP contribution in [0.15, 0.2) is 24.3 Å². The normalized spacial score (nSPS) is 24.4. The van der Waals surface area contributed by atoms with Crippen molar-refractivity contribution in [3.63, 3.8) is 0 Å². The van der Waals surface area contributed by atoms with Gasteiger partial charge in [0.2, 0.25) is 23.6 Å². The smallest absolute Gasteiger partial charge is 0.391 e. The number of aliphatic hydroxyl groups excluding tert-OH is 2. The number of aliphatic hydroxyl groups is 2.